The first kappa shape index (κ1) is 9.99. The van der Waals surface area contributed by atoms with Gasteiger partial charge in [0.05, 0.1) is 6.26 Å². The van der Waals surface area contributed by atoms with Crippen LogP contribution in [0.4, 0.5) is 0 Å². The highest BCUT2D eigenvalue weighted by Crippen LogP contribution is 2.05. The van der Waals surface area contributed by atoms with Crippen molar-refractivity contribution in [2.24, 2.45) is 0 Å². The minimum atomic E-state index is 0.0460. The number of ether oxygens (including phenoxy) is 1. The van der Waals surface area contributed by atoms with Crippen molar-refractivity contribution >= 4 is 5.78 Å². The van der Waals surface area contributed by atoms with Crippen LogP contribution in [0.5, 0.6) is 0 Å². The molecule has 0 fully saturated rings. The summed E-state index contributed by atoms with van der Waals surface area (Å²) in [5.41, 5.74) is 0. The molecule has 0 aromatic carbocycles. The van der Waals surface area contributed by atoms with Gasteiger partial charge in [0, 0.05) is 19.6 Å². The molecule has 0 N–H and O–H groups in total. The van der Waals surface area contributed by atoms with E-state index in [1.807, 2.05) is 6.92 Å². The molecule has 0 atom stereocenters. The lowest BCUT2D eigenvalue weighted by Gasteiger charge is -1.98. The van der Waals surface area contributed by atoms with E-state index in [1.165, 1.54) is 6.26 Å². The van der Waals surface area contributed by atoms with Crippen LogP contribution in [0.25, 0.3) is 0 Å². The Hall–Kier alpha value is -1.09. The van der Waals surface area contributed by atoms with Crippen molar-refractivity contribution in [2.45, 2.75) is 19.8 Å². The summed E-state index contributed by atoms with van der Waals surface area (Å²) in [7, 11) is 0. The van der Waals surface area contributed by atoms with E-state index in [4.69, 9.17) is 9.15 Å². The lowest BCUT2D eigenvalue weighted by Crippen LogP contribution is -2.00. The van der Waals surface area contributed by atoms with Crippen LogP contribution in [0.1, 0.15) is 30.3 Å². The molecule has 1 heterocycles. The highest BCUT2D eigenvalue weighted by molar-refractivity contribution is 5.93. The maximum absolute atomic E-state index is 11.3. The van der Waals surface area contributed by atoms with Gasteiger partial charge in [0.15, 0.2) is 11.5 Å². The molecular formula is C10H14O3. The summed E-state index contributed by atoms with van der Waals surface area (Å²) in [6.07, 6.45) is 2.76. The van der Waals surface area contributed by atoms with Gasteiger partial charge in [-0.15, -0.1) is 0 Å². The van der Waals surface area contributed by atoms with Crippen molar-refractivity contribution in [2.75, 3.05) is 13.2 Å². The van der Waals surface area contributed by atoms with Gasteiger partial charge in [0.2, 0.25) is 0 Å². The van der Waals surface area contributed by atoms with E-state index < -0.39 is 0 Å². The summed E-state index contributed by atoms with van der Waals surface area (Å²) in [6, 6.07) is 3.40. The Labute approximate surface area is 77.7 Å². The van der Waals surface area contributed by atoms with Crippen molar-refractivity contribution < 1.29 is 13.9 Å². The van der Waals surface area contributed by atoms with Gasteiger partial charge in [-0.25, -0.2) is 0 Å². The van der Waals surface area contributed by atoms with Gasteiger partial charge in [-0.2, -0.15) is 0 Å². The van der Waals surface area contributed by atoms with Gasteiger partial charge in [0.1, 0.15) is 0 Å². The van der Waals surface area contributed by atoms with Gasteiger partial charge >= 0.3 is 0 Å². The van der Waals surface area contributed by atoms with Crippen LogP contribution in [0.3, 0.4) is 0 Å². The average Bonchev–Trinajstić information content (AvgIpc) is 2.65. The van der Waals surface area contributed by atoms with Gasteiger partial charge < -0.3 is 9.15 Å². The van der Waals surface area contributed by atoms with E-state index in [0.717, 1.165) is 6.42 Å². The molecule has 0 saturated carbocycles. The molecule has 1 rings (SSSR count). The first-order valence-electron chi connectivity index (χ1n) is 4.49. The number of Topliss-reactive ketones (excluding diaryl/α,β-unsaturated/α-hetero) is 1. The second kappa shape index (κ2) is 5.54. The molecule has 0 amide bonds. The fourth-order valence-corrected chi connectivity index (χ4v) is 1.04. The standard InChI is InChI=1S/C10H14O3/c1-2-12-7-3-5-9(11)10-6-4-8-13-10/h4,6,8H,2-3,5,7H2,1H3. The number of furan rings is 1. The molecule has 0 aliphatic rings. The molecule has 0 saturated heterocycles. The van der Waals surface area contributed by atoms with Crippen molar-refractivity contribution in [3.8, 4) is 0 Å². The van der Waals surface area contributed by atoms with Crippen molar-refractivity contribution in [3.63, 3.8) is 0 Å². The number of hydrogen-bond donors (Lipinski definition) is 0. The zero-order valence-corrected chi connectivity index (χ0v) is 7.79. The van der Waals surface area contributed by atoms with Crippen LogP contribution in [-0.2, 0) is 4.74 Å². The Morgan fingerprint density at radius 2 is 2.46 bits per heavy atom. The molecule has 0 radical (unpaired) electrons. The first-order chi connectivity index (χ1) is 6.34. The summed E-state index contributed by atoms with van der Waals surface area (Å²) in [5.74, 6) is 0.487. The molecular weight excluding hydrogens is 168 g/mol. The third-order valence-electron chi connectivity index (χ3n) is 1.69. The van der Waals surface area contributed by atoms with E-state index in [0.29, 0.717) is 25.4 Å². The average molecular weight is 182 g/mol. The predicted octanol–water partition coefficient (Wildman–Crippen LogP) is 2.28. The van der Waals surface area contributed by atoms with Gasteiger partial charge in [0.25, 0.3) is 0 Å². The van der Waals surface area contributed by atoms with Crippen molar-refractivity contribution in [3.05, 3.63) is 24.2 Å². The van der Waals surface area contributed by atoms with Crippen LogP contribution in [-0.4, -0.2) is 19.0 Å². The molecule has 1 aromatic rings. The molecule has 1 aromatic heterocycles. The third-order valence-corrected chi connectivity index (χ3v) is 1.69. The lowest BCUT2D eigenvalue weighted by molar-refractivity contribution is 0.0921. The van der Waals surface area contributed by atoms with Crippen LogP contribution in [0.15, 0.2) is 22.8 Å². The Bertz CT molecular complexity index is 239. The number of hydrogen-bond acceptors (Lipinski definition) is 3. The normalized spacial score (nSPS) is 10.2. The van der Waals surface area contributed by atoms with Crippen molar-refractivity contribution in [1.82, 2.24) is 0 Å². The second-order valence-corrected chi connectivity index (χ2v) is 2.70. The molecule has 0 aliphatic carbocycles. The molecule has 3 nitrogen and oxygen atoms in total. The number of carbonyl (C=O) groups excluding carboxylic acids is 1. The van der Waals surface area contributed by atoms with Crippen LogP contribution < -0.4 is 0 Å². The molecule has 0 bridgehead atoms. The van der Waals surface area contributed by atoms with E-state index in [1.54, 1.807) is 12.1 Å². The van der Waals surface area contributed by atoms with Gasteiger partial charge in [-0.3, -0.25) is 4.79 Å². The predicted molar refractivity (Wildman–Crippen MR) is 48.8 cm³/mol. The Kier molecular flexibility index (Phi) is 4.26. The van der Waals surface area contributed by atoms with E-state index in [9.17, 15) is 4.79 Å². The third kappa shape index (κ3) is 3.42. The van der Waals surface area contributed by atoms with Crippen LogP contribution in [0.2, 0.25) is 0 Å². The maximum atomic E-state index is 11.3. The topological polar surface area (TPSA) is 39.4 Å². The summed E-state index contributed by atoms with van der Waals surface area (Å²) < 4.78 is 10.1. The fourth-order valence-electron chi connectivity index (χ4n) is 1.04. The van der Waals surface area contributed by atoms with Gasteiger partial charge in [-0.05, 0) is 25.5 Å². The highest BCUT2D eigenvalue weighted by Gasteiger charge is 2.07. The SMILES string of the molecule is CCOCCCC(=O)c1ccco1. The molecule has 0 spiro atoms. The van der Waals surface area contributed by atoms with E-state index in [-0.39, 0.29) is 5.78 Å². The summed E-state index contributed by atoms with van der Waals surface area (Å²) in [5, 5.41) is 0. The zero-order valence-electron chi connectivity index (χ0n) is 7.79. The van der Waals surface area contributed by atoms with Crippen LogP contribution >= 0.6 is 0 Å². The molecule has 3 heteroatoms. The van der Waals surface area contributed by atoms with E-state index in [2.05, 4.69) is 0 Å². The summed E-state index contributed by atoms with van der Waals surface area (Å²) >= 11 is 0. The molecule has 0 unspecified atom stereocenters. The van der Waals surface area contributed by atoms with Crippen molar-refractivity contribution in [1.29, 1.82) is 0 Å². The minimum Gasteiger partial charge on any atom is -0.461 e. The summed E-state index contributed by atoms with van der Waals surface area (Å²) in [4.78, 5) is 11.3. The largest absolute Gasteiger partial charge is 0.461 e. The lowest BCUT2D eigenvalue weighted by atomic mass is 10.2. The minimum absolute atomic E-state index is 0.0460. The monoisotopic (exact) mass is 182 g/mol. The maximum Gasteiger partial charge on any atom is 0.198 e. The number of rotatable bonds is 6. The molecule has 0 aliphatic heterocycles. The highest BCUT2D eigenvalue weighted by atomic mass is 16.5. The Morgan fingerprint density at radius 3 is 3.08 bits per heavy atom. The Morgan fingerprint density at radius 1 is 1.62 bits per heavy atom. The van der Waals surface area contributed by atoms with E-state index >= 15 is 0 Å². The number of carbonyl (C=O) groups is 1. The Balaban J connectivity index is 2.19. The molecule has 72 valence electrons. The molecule has 13 heavy (non-hydrogen) atoms. The van der Waals surface area contributed by atoms with Crippen LogP contribution in [0, 0.1) is 0 Å². The zero-order chi connectivity index (χ0) is 9.52. The quantitative estimate of drug-likeness (QED) is 0.500. The number of ketones is 1. The fraction of sp³-hybridized carbons (Fsp3) is 0.500. The smallest absolute Gasteiger partial charge is 0.198 e. The van der Waals surface area contributed by atoms with Gasteiger partial charge in [-0.1, -0.05) is 0 Å². The summed E-state index contributed by atoms with van der Waals surface area (Å²) in [6.45, 7) is 3.28. The second-order valence-electron chi connectivity index (χ2n) is 2.70. The first-order valence-corrected chi connectivity index (χ1v) is 4.49.